The van der Waals surface area contributed by atoms with Crippen molar-refractivity contribution < 1.29 is 4.79 Å². The second kappa shape index (κ2) is 8.62. The normalized spacial score (nSPS) is 15.5. The molecule has 32 heavy (non-hydrogen) atoms. The van der Waals surface area contributed by atoms with E-state index in [1.807, 2.05) is 12.1 Å². The number of hydrogen-bond donors (Lipinski definition) is 1. The average molecular weight is 424 g/mol. The van der Waals surface area contributed by atoms with Crippen LogP contribution in [0.2, 0.25) is 0 Å². The zero-order valence-electron chi connectivity index (χ0n) is 18.8. The summed E-state index contributed by atoms with van der Waals surface area (Å²) in [6.45, 7) is 5.75. The van der Waals surface area contributed by atoms with Crippen LogP contribution in [0.4, 0.5) is 0 Å². The number of benzene rings is 2. The zero-order valence-corrected chi connectivity index (χ0v) is 18.8. The van der Waals surface area contributed by atoms with Gasteiger partial charge in [-0.2, -0.15) is 0 Å². The van der Waals surface area contributed by atoms with Gasteiger partial charge in [0.15, 0.2) is 0 Å². The van der Waals surface area contributed by atoms with Gasteiger partial charge in [-0.05, 0) is 67.5 Å². The van der Waals surface area contributed by atoms with Crippen LogP contribution in [-0.4, -0.2) is 15.5 Å². The number of pyridine rings is 1. The average Bonchev–Trinajstić information content (AvgIpc) is 3.13. The van der Waals surface area contributed by atoms with Crippen LogP contribution >= 0.6 is 0 Å². The molecule has 0 radical (unpaired) electrons. The number of nitrogens with one attached hydrogen (secondary N) is 1. The highest BCUT2D eigenvalue weighted by Gasteiger charge is 2.29. The molecule has 1 aliphatic carbocycles. The molecule has 2 aromatic carbocycles. The number of hydrogen-bond acceptors (Lipinski definition) is 2. The highest BCUT2D eigenvalue weighted by Crippen LogP contribution is 2.35. The van der Waals surface area contributed by atoms with Crippen molar-refractivity contribution in [2.75, 3.05) is 0 Å². The van der Waals surface area contributed by atoms with Gasteiger partial charge in [0.2, 0.25) is 5.91 Å². The molecule has 0 aliphatic heterocycles. The Morgan fingerprint density at radius 1 is 1.12 bits per heavy atom. The first-order valence-electron chi connectivity index (χ1n) is 11.4. The topological polar surface area (TPSA) is 46.9 Å². The molecule has 1 N–H and O–H groups in total. The summed E-state index contributed by atoms with van der Waals surface area (Å²) in [6, 6.07) is 19.2. The number of carbonyl (C=O) groups is 1. The number of aryl methyl sites for hydroxylation is 2. The van der Waals surface area contributed by atoms with Crippen molar-refractivity contribution in [3.63, 3.8) is 0 Å². The molecule has 0 saturated carbocycles. The van der Waals surface area contributed by atoms with Crippen LogP contribution < -0.4 is 5.32 Å². The van der Waals surface area contributed by atoms with Gasteiger partial charge < -0.3 is 9.88 Å². The minimum atomic E-state index is 0.0131. The smallest absolute Gasteiger partial charge is 0.223 e. The Morgan fingerprint density at radius 2 is 2.00 bits per heavy atom. The van der Waals surface area contributed by atoms with Gasteiger partial charge in [-0.15, -0.1) is 0 Å². The standard InChI is InChI=1S/C28H29N3O/c1-19-9-10-20(2)23(14-19)18-31-26-8-4-3-7-24(26)25-15-22(11-12-27(25)31)28(32)30-17-21-6-5-13-29-16-21/h3-10,13-14,16,22H,11-12,15,17-18H2,1-2H3,(H,30,32). The molecule has 162 valence electrons. The summed E-state index contributed by atoms with van der Waals surface area (Å²) in [5, 5.41) is 4.41. The van der Waals surface area contributed by atoms with E-state index in [1.54, 1.807) is 12.4 Å². The van der Waals surface area contributed by atoms with Crippen LogP contribution in [0.5, 0.6) is 0 Å². The van der Waals surface area contributed by atoms with Crippen molar-refractivity contribution in [1.82, 2.24) is 14.9 Å². The number of amides is 1. The van der Waals surface area contributed by atoms with Crippen molar-refractivity contribution in [2.45, 2.75) is 46.2 Å². The maximum Gasteiger partial charge on any atom is 0.223 e. The lowest BCUT2D eigenvalue weighted by molar-refractivity contribution is -0.125. The van der Waals surface area contributed by atoms with E-state index >= 15 is 0 Å². The third kappa shape index (κ3) is 3.93. The van der Waals surface area contributed by atoms with E-state index in [4.69, 9.17) is 0 Å². The molecule has 4 heteroatoms. The fourth-order valence-electron chi connectivity index (χ4n) is 4.98. The molecule has 0 bridgehead atoms. The van der Waals surface area contributed by atoms with Crippen LogP contribution in [0.15, 0.2) is 67.0 Å². The van der Waals surface area contributed by atoms with Gasteiger partial charge in [0.05, 0.1) is 0 Å². The van der Waals surface area contributed by atoms with E-state index < -0.39 is 0 Å². The monoisotopic (exact) mass is 423 g/mol. The number of nitrogens with zero attached hydrogens (tertiary/aromatic N) is 2. The second-order valence-corrected chi connectivity index (χ2v) is 8.98. The number of para-hydroxylation sites is 1. The predicted octanol–water partition coefficient (Wildman–Crippen LogP) is 5.12. The molecule has 2 heterocycles. The Morgan fingerprint density at radius 3 is 2.84 bits per heavy atom. The fraction of sp³-hybridized carbons (Fsp3) is 0.286. The van der Waals surface area contributed by atoms with Crippen LogP contribution in [0, 0.1) is 19.8 Å². The number of fused-ring (bicyclic) bond motifs is 3. The lowest BCUT2D eigenvalue weighted by atomic mass is 9.85. The molecule has 1 amide bonds. The number of aromatic nitrogens is 2. The van der Waals surface area contributed by atoms with Gasteiger partial charge in [-0.1, -0.05) is 48.0 Å². The Hall–Kier alpha value is -3.40. The van der Waals surface area contributed by atoms with Gasteiger partial charge in [0.25, 0.3) is 0 Å². The highest BCUT2D eigenvalue weighted by molar-refractivity contribution is 5.88. The predicted molar refractivity (Wildman–Crippen MR) is 129 cm³/mol. The third-order valence-corrected chi connectivity index (χ3v) is 6.77. The molecule has 0 spiro atoms. The Balaban J connectivity index is 1.42. The summed E-state index contributed by atoms with van der Waals surface area (Å²) in [5.74, 6) is 0.157. The highest BCUT2D eigenvalue weighted by atomic mass is 16.1. The lowest BCUT2D eigenvalue weighted by Crippen LogP contribution is -2.34. The molecular formula is C28H29N3O. The largest absolute Gasteiger partial charge is 0.352 e. The molecule has 1 aliphatic rings. The van der Waals surface area contributed by atoms with E-state index in [-0.39, 0.29) is 11.8 Å². The zero-order chi connectivity index (χ0) is 22.1. The molecule has 4 aromatic rings. The maximum absolute atomic E-state index is 13.0. The summed E-state index contributed by atoms with van der Waals surface area (Å²) < 4.78 is 2.48. The van der Waals surface area contributed by atoms with Crippen LogP contribution in [0.1, 0.15) is 39.9 Å². The van der Waals surface area contributed by atoms with E-state index in [2.05, 4.69) is 71.2 Å². The maximum atomic E-state index is 13.0. The number of carbonyl (C=O) groups excluding carboxylic acids is 1. The summed E-state index contributed by atoms with van der Waals surface area (Å²) in [7, 11) is 0. The second-order valence-electron chi connectivity index (χ2n) is 8.98. The van der Waals surface area contributed by atoms with Gasteiger partial charge in [-0.3, -0.25) is 9.78 Å². The van der Waals surface area contributed by atoms with Gasteiger partial charge in [0, 0.05) is 48.0 Å². The van der Waals surface area contributed by atoms with E-state index in [0.717, 1.165) is 31.4 Å². The molecule has 1 atom stereocenters. The van der Waals surface area contributed by atoms with Crippen molar-refractivity contribution in [1.29, 1.82) is 0 Å². The Bertz CT molecular complexity index is 1270. The quantitative estimate of drug-likeness (QED) is 0.484. The summed E-state index contributed by atoms with van der Waals surface area (Å²) in [5.41, 5.74) is 9.02. The third-order valence-electron chi connectivity index (χ3n) is 6.77. The molecule has 0 saturated heterocycles. The fourth-order valence-corrected chi connectivity index (χ4v) is 4.98. The van der Waals surface area contributed by atoms with E-state index in [1.165, 1.54) is 38.9 Å². The molecule has 2 aromatic heterocycles. The SMILES string of the molecule is Cc1ccc(C)c(Cn2c3c(c4ccccc42)CC(C(=O)NCc2cccnc2)CC3)c1. The van der Waals surface area contributed by atoms with Crippen molar-refractivity contribution >= 4 is 16.8 Å². The van der Waals surface area contributed by atoms with Crippen molar-refractivity contribution in [3.8, 4) is 0 Å². The number of rotatable bonds is 5. The molecule has 0 fully saturated rings. The first-order valence-corrected chi connectivity index (χ1v) is 11.4. The minimum Gasteiger partial charge on any atom is -0.352 e. The first-order chi connectivity index (χ1) is 15.6. The lowest BCUT2D eigenvalue weighted by Gasteiger charge is -2.24. The molecular weight excluding hydrogens is 394 g/mol. The first kappa shape index (κ1) is 20.5. The van der Waals surface area contributed by atoms with Crippen molar-refractivity contribution in [3.05, 3.63) is 101 Å². The Labute approximate surface area is 189 Å². The van der Waals surface area contributed by atoms with Crippen LogP contribution in [0.25, 0.3) is 10.9 Å². The van der Waals surface area contributed by atoms with Gasteiger partial charge >= 0.3 is 0 Å². The van der Waals surface area contributed by atoms with Gasteiger partial charge in [-0.25, -0.2) is 0 Å². The Kier molecular flexibility index (Phi) is 5.52. The van der Waals surface area contributed by atoms with E-state index in [0.29, 0.717) is 6.54 Å². The summed E-state index contributed by atoms with van der Waals surface area (Å²) >= 11 is 0. The van der Waals surface area contributed by atoms with Gasteiger partial charge in [0.1, 0.15) is 0 Å². The molecule has 1 unspecified atom stereocenters. The molecule has 4 nitrogen and oxygen atoms in total. The summed E-state index contributed by atoms with van der Waals surface area (Å²) in [6.07, 6.45) is 6.17. The minimum absolute atomic E-state index is 0.0131. The van der Waals surface area contributed by atoms with Crippen LogP contribution in [0.3, 0.4) is 0 Å². The molecule has 5 rings (SSSR count). The summed E-state index contributed by atoms with van der Waals surface area (Å²) in [4.78, 5) is 17.1. The van der Waals surface area contributed by atoms with E-state index in [9.17, 15) is 4.79 Å². The van der Waals surface area contributed by atoms with Crippen LogP contribution in [-0.2, 0) is 30.7 Å². The van der Waals surface area contributed by atoms with Crippen molar-refractivity contribution in [2.24, 2.45) is 5.92 Å².